The predicted molar refractivity (Wildman–Crippen MR) is 160 cm³/mol. The highest BCUT2D eigenvalue weighted by Crippen LogP contribution is 2.41. The molecule has 1 atom stereocenters. The number of benzene rings is 2. The van der Waals surface area contributed by atoms with Crippen molar-refractivity contribution in [3.8, 4) is 11.1 Å². The van der Waals surface area contributed by atoms with Crippen LogP contribution in [0.3, 0.4) is 0 Å². The second-order valence-corrected chi connectivity index (χ2v) is 13.9. The molecule has 1 aliphatic heterocycles. The van der Waals surface area contributed by atoms with Crippen LogP contribution in [0.4, 0.5) is 42.2 Å². The molecule has 3 aromatic rings. The van der Waals surface area contributed by atoms with E-state index in [0.717, 1.165) is 11.2 Å². The van der Waals surface area contributed by atoms with Crippen LogP contribution in [0, 0.1) is 12.7 Å². The minimum Gasteiger partial charge on any atom is -0.351 e. The van der Waals surface area contributed by atoms with Gasteiger partial charge in [0, 0.05) is 38.3 Å². The Labute approximate surface area is 262 Å². The molecule has 46 heavy (non-hydrogen) atoms. The van der Waals surface area contributed by atoms with E-state index in [-0.39, 0.29) is 30.9 Å². The first-order valence-corrected chi connectivity index (χ1v) is 15.9. The van der Waals surface area contributed by atoms with Gasteiger partial charge in [-0.05, 0) is 80.8 Å². The molecule has 0 spiro atoms. The number of pyridine rings is 1. The van der Waals surface area contributed by atoms with Gasteiger partial charge < -0.3 is 9.80 Å². The molecule has 0 bridgehead atoms. The molecule has 0 aliphatic carbocycles. The summed E-state index contributed by atoms with van der Waals surface area (Å²) in [6, 6.07) is 6.39. The van der Waals surface area contributed by atoms with E-state index in [4.69, 9.17) is 0 Å². The molecule has 250 valence electrons. The number of carbonyl (C=O) groups is 1. The number of hydrogen-bond donors (Lipinski definition) is 0. The SMILES string of the molecule is Cc1cc(F)ccc1-c1cc(N2CCN(S(C)(=O)=O)C[C@H]2C)ncc1N(C)C(=O)C(C)(C)c1cc(C(F)(F)F)cc(C(F)(F)F)c1. The average Bonchev–Trinajstić information content (AvgIpc) is 2.94. The molecular weight excluding hydrogens is 641 g/mol. The number of alkyl halides is 6. The largest absolute Gasteiger partial charge is 0.416 e. The molecule has 1 fully saturated rings. The van der Waals surface area contributed by atoms with Crippen molar-refractivity contribution in [1.82, 2.24) is 9.29 Å². The van der Waals surface area contributed by atoms with Gasteiger partial charge >= 0.3 is 12.4 Å². The van der Waals surface area contributed by atoms with Crippen molar-refractivity contribution >= 4 is 27.4 Å². The summed E-state index contributed by atoms with van der Waals surface area (Å²) in [5.74, 6) is -0.917. The molecule has 0 unspecified atom stereocenters. The van der Waals surface area contributed by atoms with Crippen LogP contribution in [-0.2, 0) is 32.6 Å². The lowest BCUT2D eigenvalue weighted by molar-refractivity contribution is -0.143. The van der Waals surface area contributed by atoms with Crippen molar-refractivity contribution in [2.24, 2.45) is 0 Å². The Bertz CT molecular complexity index is 1730. The molecule has 4 rings (SSSR count). The van der Waals surface area contributed by atoms with E-state index in [2.05, 4.69) is 4.98 Å². The van der Waals surface area contributed by atoms with Crippen LogP contribution in [-0.4, -0.2) is 62.6 Å². The monoisotopic (exact) mass is 674 g/mol. The Balaban J connectivity index is 1.81. The maximum Gasteiger partial charge on any atom is 0.416 e. The maximum absolute atomic E-state index is 14.1. The number of nitrogens with zero attached hydrogens (tertiary/aromatic N) is 4. The summed E-state index contributed by atoms with van der Waals surface area (Å²) in [5.41, 5.74) is -3.90. The fourth-order valence-corrected chi connectivity index (χ4v) is 6.44. The summed E-state index contributed by atoms with van der Waals surface area (Å²) >= 11 is 0. The van der Waals surface area contributed by atoms with Gasteiger partial charge in [0.2, 0.25) is 15.9 Å². The molecule has 1 aromatic heterocycles. The average molecular weight is 675 g/mol. The molecule has 0 radical (unpaired) electrons. The van der Waals surface area contributed by atoms with Crippen molar-refractivity contribution in [2.75, 3.05) is 42.7 Å². The van der Waals surface area contributed by atoms with E-state index in [0.29, 0.717) is 41.2 Å². The van der Waals surface area contributed by atoms with E-state index in [1.54, 1.807) is 13.0 Å². The lowest BCUT2D eigenvalue weighted by Crippen LogP contribution is -2.53. The third kappa shape index (κ3) is 7.14. The second kappa shape index (κ2) is 12.1. The van der Waals surface area contributed by atoms with Crippen molar-refractivity contribution in [3.05, 3.63) is 76.7 Å². The normalized spacial score (nSPS) is 16.9. The smallest absolute Gasteiger partial charge is 0.351 e. The summed E-state index contributed by atoms with van der Waals surface area (Å²) in [4.78, 5) is 21.5. The summed E-state index contributed by atoms with van der Waals surface area (Å²) in [7, 11) is -2.10. The van der Waals surface area contributed by atoms with Gasteiger partial charge in [-0.25, -0.2) is 17.8 Å². The number of hydrogen-bond acceptors (Lipinski definition) is 5. The molecule has 1 aliphatic rings. The van der Waals surface area contributed by atoms with Gasteiger partial charge in [-0.1, -0.05) is 6.07 Å². The van der Waals surface area contributed by atoms with E-state index in [1.165, 1.54) is 49.6 Å². The maximum atomic E-state index is 14.1. The zero-order valence-electron chi connectivity index (χ0n) is 25.9. The number of aryl methyl sites for hydroxylation is 1. The predicted octanol–water partition coefficient (Wildman–Crippen LogP) is 6.64. The number of rotatable bonds is 6. The molecule has 0 saturated carbocycles. The number of halogens is 7. The van der Waals surface area contributed by atoms with Crippen LogP contribution < -0.4 is 9.80 Å². The standard InChI is InChI=1S/C31H33F7N4O3S/c1-18-11-23(32)7-8-24(18)25-15-27(42-10-9-41(17-19(42)2)46(6,44)45)39-16-26(25)40(5)28(43)29(3,4)20-12-21(30(33,34)35)14-22(13-20)31(36,37)38/h7-8,11-16,19H,9-10,17H2,1-6H3/t19-/m1/s1. The molecule has 15 heteroatoms. The number of carbonyl (C=O) groups excluding carboxylic acids is 1. The highest BCUT2D eigenvalue weighted by molar-refractivity contribution is 7.88. The Morgan fingerprint density at radius 1 is 0.913 bits per heavy atom. The zero-order valence-corrected chi connectivity index (χ0v) is 26.7. The molecule has 1 amide bonds. The number of sulfonamides is 1. The first-order chi connectivity index (χ1) is 21.0. The fraction of sp³-hybridized carbons (Fsp3) is 0.419. The summed E-state index contributed by atoms with van der Waals surface area (Å²) in [5, 5.41) is 0. The van der Waals surface area contributed by atoms with Gasteiger partial charge in [-0.2, -0.15) is 30.6 Å². The molecule has 7 nitrogen and oxygen atoms in total. The van der Waals surface area contributed by atoms with Crippen LogP contribution in [0.15, 0.2) is 48.7 Å². The number of piperazine rings is 1. The Morgan fingerprint density at radius 3 is 1.98 bits per heavy atom. The third-order valence-electron chi connectivity index (χ3n) is 8.21. The summed E-state index contributed by atoms with van der Waals surface area (Å²) < 4.78 is 121. The lowest BCUT2D eigenvalue weighted by atomic mass is 9.81. The molecule has 2 aromatic carbocycles. The minimum atomic E-state index is -5.10. The van der Waals surface area contributed by atoms with Gasteiger partial charge in [0.15, 0.2) is 0 Å². The Hall–Kier alpha value is -3.72. The van der Waals surface area contributed by atoms with Crippen molar-refractivity contribution < 1.29 is 43.9 Å². The van der Waals surface area contributed by atoms with Gasteiger partial charge in [0.25, 0.3) is 0 Å². The molecular formula is C31H33F7N4O3S. The molecule has 1 saturated heterocycles. The summed E-state index contributed by atoms with van der Waals surface area (Å²) in [6.45, 7) is 6.60. The van der Waals surface area contributed by atoms with Crippen molar-refractivity contribution in [1.29, 1.82) is 0 Å². The third-order valence-corrected chi connectivity index (χ3v) is 9.48. The van der Waals surface area contributed by atoms with Crippen molar-refractivity contribution in [2.45, 2.75) is 51.5 Å². The number of amides is 1. The molecule has 2 heterocycles. The highest BCUT2D eigenvalue weighted by Gasteiger charge is 2.41. The van der Waals surface area contributed by atoms with Gasteiger partial charge in [0.05, 0.1) is 34.7 Å². The minimum absolute atomic E-state index is 0.00255. The zero-order chi connectivity index (χ0) is 34.6. The lowest BCUT2D eigenvalue weighted by Gasteiger charge is -2.40. The number of aromatic nitrogens is 1. The highest BCUT2D eigenvalue weighted by atomic mass is 32.2. The Morgan fingerprint density at radius 2 is 1.48 bits per heavy atom. The van der Waals surface area contributed by atoms with Crippen molar-refractivity contribution in [3.63, 3.8) is 0 Å². The van der Waals surface area contributed by atoms with Gasteiger partial charge in [-0.3, -0.25) is 4.79 Å². The van der Waals surface area contributed by atoms with E-state index >= 15 is 0 Å². The Kier molecular flexibility index (Phi) is 9.27. The molecule has 0 N–H and O–H groups in total. The fourth-order valence-electron chi connectivity index (χ4n) is 5.54. The quantitative estimate of drug-likeness (QED) is 0.274. The number of likely N-dealkylation sites (N-methyl/N-ethyl adjacent to an activating group) is 1. The second-order valence-electron chi connectivity index (χ2n) is 12.0. The van der Waals surface area contributed by atoms with E-state index < -0.39 is 56.2 Å². The van der Waals surface area contributed by atoms with Gasteiger partial charge in [-0.15, -0.1) is 0 Å². The van der Waals surface area contributed by atoms with Crippen LogP contribution in [0.5, 0.6) is 0 Å². The summed E-state index contributed by atoms with van der Waals surface area (Å²) in [6.07, 6.45) is -7.73. The van der Waals surface area contributed by atoms with Crippen LogP contribution >= 0.6 is 0 Å². The topological polar surface area (TPSA) is 73.8 Å². The van der Waals surface area contributed by atoms with Crippen LogP contribution in [0.2, 0.25) is 0 Å². The van der Waals surface area contributed by atoms with Crippen LogP contribution in [0.25, 0.3) is 11.1 Å². The van der Waals surface area contributed by atoms with E-state index in [1.807, 2.05) is 11.8 Å². The number of anilines is 2. The first kappa shape index (κ1) is 35.1. The van der Waals surface area contributed by atoms with Gasteiger partial charge in [0.1, 0.15) is 11.6 Å². The van der Waals surface area contributed by atoms with E-state index in [9.17, 15) is 43.9 Å². The van der Waals surface area contributed by atoms with Crippen LogP contribution in [0.1, 0.15) is 43.0 Å². The first-order valence-electron chi connectivity index (χ1n) is 14.1.